The Bertz CT molecular complexity index is 783. The second-order valence-electron chi connectivity index (χ2n) is 3.87. The third-order valence-electron chi connectivity index (χ3n) is 2.45. The summed E-state index contributed by atoms with van der Waals surface area (Å²) in [6.07, 6.45) is 0. The Labute approximate surface area is 120 Å². The minimum Gasteiger partial charge on any atom is -0.280 e. The molecule has 102 valence electrons. The predicted octanol–water partition coefficient (Wildman–Crippen LogP) is 3.15. The van der Waals surface area contributed by atoms with Gasteiger partial charge in [-0.05, 0) is 42.5 Å². The normalized spacial score (nSPS) is 10.8. The summed E-state index contributed by atoms with van der Waals surface area (Å²) in [5.41, 5.74) is 0.654. The van der Waals surface area contributed by atoms with E-state index in [1.54, 1.807) is 0 Å². The molecule has 0 heterocycles. The van der Waals surface area contributed by atoms with Crippen molar-refractivity contribution >= 4 is 27.3 Å². The van der Waals surface area contributed by atoms with Crippen LogP contribution < -0.4 is 4.72 Å². The molecule has 2 rings (SSSR count). The lowest BCUT2D eigenvalue weighted by atomic mass is 10.2. The number of benzene rings is 2. The number of nitrogens with zero attached hydrogens (tertiary/aromatic N) is 1. The monoisotopic (exact) mass is 310 g/mol. The van der Waals surface area contributed by atoms with Crippen molar-refractivity contribution in [1.29, 1.82) is 5.26 Å². The highest BCUT2D eigenvalue weighted by molar-refractivity contribution is 7.92. The number of hydrogen-bond acceptors (Lipinski definition) is 3. The van der Waals surface area contributed by atoms with Crippen molar-refractivity contribution in [3.63, 3.8) is 0 Å². The lowest BCUT2D eigenvalue weighted by molar-refractivity contribution is 0.595. The van der Waals surface area contributed by atoms with Gasteiger partial charge in [0.15, 0.2) is 0 Å². The molecule has 0 amide bonds. The topological polar surface area (TPSA) is 70.0 Å². The van der Waals surface area contributed by atoms with Crippen LogP contribution >= 0.6 is 11.6 Å². The SMILES string of the molecule is N#Cc1ccc(NS(=O)(=O)c2cc(F)ccc2Cl)cc1. The molecule has 0 radical (unpaired) electrons. The zero-order chi connectivity index (χ0) is 14.8. The quantitative estimate of drug-likeness (QED) is 0.946. The third kappa shape index (κ3) is 3.07. The van der Waals surface area contributed by atoms with Gasteiger partial charge in [0.25, 0.3) is 10.0 Å². The first-order valence-corrected chi connectivity index (χ1v) is 7.26. The van der Waals surface area contributed by atoms with Gasteiger partial charge < -0.3 is 0 Å². The van der Waals surface area contributed by atoms with Gasteiger partial charge in [-0.25, -0.2) is 12.8 Å². The molecule has 0 aliphatic carbocycles. The lowest BCUT2D eigenvalue weighted by Crippen LogP contribution is -2.13. The van der Waals surface area contributed by atoms with Gasteiger partial charge in [0, 0.05) is 5.69 Å². The van der Waals surface area contributed by atoms with E-state index >= 15 is 0 Å². The Hall–Kier alpha value is -2.10. The van der Waals surface area contributed by atoms with Crippen LogP contribution in [0.4, 0.5) is 10.1 Å². The summed E-state index contributed by atoms with van der Waals surface area (Å²) in [5.74, 6) is -0.699. The zero-order valence-electron chi connectivity index (χ0n) is 9.97. The second kappa shape index (κ2) is 5.49. The largest absolute Gasteiger partial charge is 0.280 e. The summed E-state index contributed by atoms with van der Waals surface area (Å²) in [4.78, 5) is -0.344. The molecule has 2 aromatic carbocycles. The van der Waals surface area contributed by atoms with Crippen LogP contribution in [0.3, 0.4) is 0 Å². The lowest BCUT2D eigenvalue weighted by Gasteiger charge is -2.09. The van der Waals surface area contributed by atoms with E-state index in [0.717, 1.165) is 12.1 Å². The fourth-order valence-electron chi connectivity index (χ4n) is 1.51. The standard InChI is InChI=1S/C13H8ClFN2O2S/c14-12-6-3-10(15)7-13(12)20(18,19)17-11-4-1-9(8-16)2-5-11/h1-7,17H. The van der Waals surface area contributed by atoms with Crippen molar-refractivity contribution in [1.82, 2.24) is 0 Å². The Morgan fingerprint density at radius 3 is 2.40 bits per heavy atom. The van der Waals surface area contributed by atoms with Crippen LogP contribution in [0, 0.1) is 17.1 Å². The first-order chi connectivity index (χ1) is 9.42. The van der Waals surface area contributed by atoms with E-state index in [0.29, 0.717) is 5.56 Å². The van der Waals surface area contributed by atoms with Gasteiger partial charge in [-0.2, -0.15) is 5.26 Å². The van der Waals surface area contributed by atoms with Gasteiger partial charge in [-0.15, -0.1) is 0 Å². The molecule has 20 heavy (non-hydrogen) atoms. The Kier molecular flexibility index (Phi) is 3.93. The number of nitriles is 1. The average molecular weight is 311 g/mol. The van der Waals surface area contributed by atoms with E-state index in [2.05, 4.69) is 4.72 Å². The van der Waals surface area contributed by atoms with E-state index in [1.807, 2.05) is 6.07 Å². The van der Waals surface area contributed by atoms with Crippen LogP contribution in [0.2, 0.25) is 5.02 Å². The number of hydrogen-bond donors (Lipinski definition) is 1. The molecule has 4 nitrogen and oxygen atoms in total. The van der Waals surface area contributed by atoms with E-state index < -0.39 is 15.8 Å². The summed E-state index contributed by atoms with van der Waals surface area (Å²) < 4.78 is 39.6. The second-order valence-corrected chi connectivity index (χ2v) is 5.93. The maximum atomic E-state index is 13.1. The molecule has 0 aromatic heterocycles. The zero-order valence-corrected chi connectivity index (χ0v) is 11.5. The fourth-order valence-corrected chi connectivity index (χ4v) is 3.08. The maximum absolute atomic E-state index is 13.1. The van der Waals surface area contributed by atoms with Crippen molar-refractivity contribution in [3.05, 3.63) is 58.9 Å². The predicted molar refractivity (Wildman–Crippen MR) is 73.4 cm³/mol. The van der Waals surface area contributed by atoms with Crippen LogP contribution in [-0.2, 0) is 10.0 Å². The van der Waals surface area contributed by atoms with Gasteiger partial charge in [0.1, 0.15) is 10.7 Å². The highest BCUT2D eigenvalue weighted by atomic mass is 35.5. The Balaban J connectivity index is 2.35. The van der Waals surface area contributed by atoms with Crippen LogP contribution in [0.15, 0.2) is 47.4 Å². The summed E-state index contributed by atoms with van der Waals surface area (Å²) in [6.45, 7) is 0. The molecule has 2 aromatic rings. The molecule has 0 spiro atoms. The molecule has 0 bridgehead atoms. The van der Waals surface area contributed by atoms with Gasteiger partial charge in [0.05, 0.1) is 16.7 Å². The van der Waals surface area contributed by atoms with Crippen molar-refractivity contribution < 1.29 is 12.8 Å². The summed E-state index contributed by atoms with van der Waals surface area (Å²) in [5, 5.41) is 8.58. The molecule has 0 aliphatic rings. The molecule has 0 saturated heterocycles. The fraction of sp³-hybridized carbons (Fsp3) is 0. The molecule has 1 N–H and O–H groups in total. The van der Waals surface area contributed by atoms with E-state index in [1.165, 1.54) is 30.3 Å². The molecule has 0 unspecified atom stereocenters. The van der Waals surface area contributed by atoms with Gasteiger partial charge in [0.2, 0.25) is 0 Å². The van der Waals surface area contributed by atoms with Crippen LogP contribution in [-0.4, -0.2) is 8.42 Å². The highest BCUT2D eigenvalue weighted by Gasteiger charge is 2.18. The first-order valence-electron chi connectivity index (χ1n) is 5.40. The Morgan fingerprint density at radius 1 is 1.15 bits per heavy atom. The number of halogens is 2. The number of anilines is 1. The average Bonchev–Trinajstić information content (AvgIpc) is 2.42. The van der Waals surface area contributed by atoms with Crippen LogP contribution in [0.25, 0.3) is 0 Å². The molecule has 0 atom stereocenters. The number of rotatable bonds is 3. The molecular weight excluding hydrogens is 303 g/mol. The van der Waals surface area contributed by atoms with Crippen LogP contribution in [0.5, 0.6) is 0 Å². The van der Waals surface area contributed by atoms with Crippen molar-refractivity contribution in [2.75, 3.05) is 4.72 Å². The smallest absolute Gasteiger partial charge is 0.263 e. The minimum absolute atomic E-state index is 0.0763. The van der Waals surface area contributed by atoms with Gasteiger partial charge in [-0.1, -0.05) is 11.6 Å². The van der Waals surface area contributed by atoms with Gasteiger partial charge in [-0.3, -0.25) is 4.72 Å². The van der Waals surface area contributed by atoms with E-state index in [9.17, 15) is 12.8 Å². The van der Waals surface area contributed by atoms with E-state index in [4.69, 9.17) is 16.9 Å². The molecule has 0 fully saturated rings. The highest BCUT2D eigenvalue weighted by Crippen LogP contribution is 2.24. The Morgan fingerprint density at radius 2 is 1.80 bits per heavy atom. The minimum atomic E-state index is -3.99. The van der Waals surface area contributed by atoms with Crippen molar-refractivity contribution in [2.45, 2.75) is 4.90 Å². The molecular formula is C13H8ClFN2O2S. The van der Waals surface area contributed by atoms with Gasteiger partial charge >= 0.3 is 0 Å². The molecule has 0 aliphatic heterocycles. The number of nitrogens with one attached hydrogen (secondary N) is 1. The summed E-state index contributed by atoms with van der Waals surface area (Å²) in [6, 6.07) is 10.8. The van der Waals surface area contributed by atoms with Crippen molar-refractivity contribution in [3.8, 4) is 6.07 Å². The third-order valence-corrected chi connectivity index (χ3v) is 4.31. The number of sulfonamides is 1. The van der Waals surface area contributed by atoms with Crippen molar-refractivity contribution in [2.24, 2.45) is 0 Å². The maximum Gasteiger partial charge on any atom is 0.263 e. The van der Waals surface area contributed by atoms with E-state index in [-0.39, 0.29) is 15.6 Å². The van der Waals surface area contributed by atoms with Crippen LogP contribution in [0.1, 0.15) is 5.56 Å². The first kappa shape index (κ1) is 14.3. The summed E-state index contributed by atoms with van der Waals surface area (Å²) in [7, 11) is -3.99. The molecule has 7 heteroatoms. The summed E-state index contributed by atoms with van der Waals surface area (Å²) >= 11 is 5.77. The molecule has 0 saturated carbocycles.